The zero-order chi connectivity index (χ0) is 13.9. The topological polar surface area (TPSA) is 70.0 Å². The number of nitrogens with one attached hydrogen (secondary N) is 2. The Balaban J connectivity index is 1.73. The van der Waals surface area contributed by atoms with Gasteiger partial charge in [0.15, 0.2) is 16.8 Å². The van der Waals surface area contributed by atoms with Crippen LogP contribution in [0.5, 0.6) is 0 Å². The van der Waals surface area contributed by atoms with E-state index in [0.29, 0.717) is 22.7 Å². The second-order valence-electron chi connectivity index (χ2n) is 5.10. The molecule has 0 aromatic carbocycles. The fraction of sp³-hybridized carbons (Fsp3) is 0.538. The van der Waals surface area contributed by atoms with Gasteiger partial charge >= 0.3 is 0 Å². The normalized spacial score (nSPS) is 19.5. The number of piperidine rings is 1. The van der Waals surface area contributed by atoms with Crippen molar-refractivity contribution in [1.29, 1.82) is 0 Å². The Bertz CT molecular complexity index is 565. The third kappa shape index (κ3) is 2.81. The van der Waals surface area contributed by atoms with Crippen LogP contribution in [0.1, 0.15) is 12.8 Å². The Morgan fingerprint density at radius 3 is 3.20 bits per heavy atom. The average molecular weight is 296 g/mol. The number of hydrogen-bond donors (Lipinski definition) is 2. The predicted octanol–water partition coefficient (Wildman–Crippen LogP) is 2.15. The second-order valence-corrected chi connectivity index (χ2v) is 5.47. The quantitative estimate of drug-likeness (QED) is 0.904. The lowest BCUT2D eigenvalue weighted by Gasteiger charge is -2.31. The number of aromatic amines is 1. The Kier molecular flexibility index (Phi) is 3.93. The molecule has 2 N–H and O–H groups in total. The Hall–Kier alpha value is -1.53. The first kappa shape index (κ1) is 13.5. The van der Waals surface area contributed by atoms with Gasteiger partial charge in [-0.05, 0) is 56.1 Å². The first-order chi connectivity index (χ1) is 9.76. The monoisotopic (exact) mass is 295 g/mol. The molecule has 6 nitrogen and oxygen atoms in total. The van der Waals surface area contributed by atoms with Crippen molar-refractivity contribution in [2.45, 2.75) is 12.8 Å². The summed E-state index contributed by atoms with van der Waals surface area (Å²) in [5, 5.41) is 10.8. The van der Waals surface area contributed by atoms with E-state index < -0.39 is 0 Å². The van der Waals surface area contributed by atoms with Crippen LogP contribution in [0.3, 0.4) is 0 Å². The molecule has 1 aliphatic heterocycles. The molecule has 0 radical (unpaired) electrons. The van der Waals surface area contributed by atoms with E-state index in [1.807, 2.05) is 7.05 Å². The lowest BCUT2D eigenvalue weighted by Crippen LogP contribution is -2.39. The zero-order valence-electron chi connectivity index (χ0n) is 11.4. The van der Waals surface area contributed by atoms with Gasteiger partial charge < -0.3 is 14.6 Å². The largest absolute Gasteiger partial charge is 0.441 e. The molecule has 0 aliphatic carbocycles. The number of H-pyrrole nitrogens is 1. The standard InChI is InChI=1S/C13H18ClN5O/c1-15-7-9-3-2-6-19(8-9)13-16-12(17-18-13)10-4-5-11(14)20-10/h4-5,9,15H,2-3,6-8H2,1H3,(H,16,17,18). The van der Waals surface area contributed by atoms with E-state index in [9.17, 15) is 0 Å². The van der Waals surface area contributed by atoms with Gasteiger partial charge in [-0.2, -0.15) is 4.98 Å². The van der Waals surface area contributed by atoms with Crippen LogP contribution in [0.25, 0.3) is 11.6 Å². The molecule has 0 bridgehead atoms. The third-order valence-electron chi connectivity index (χ3n) is 3.57. The fourth-order valence-corrected chi connectivity index (χ4v) is 2.79. The molecule has 3 heterocycles. The maximum Gasteiger partial charge on any atom is 0.245 e. The van der Waals surface area contributed by atoms with Crippen LogP contribution in [0, 0.1) is 5.92 Å². The molecule has 20 heavy (non-hydrogen) atoms. The first-order valence-electron chi connectivity index (χ1n) is 6.84. The highest BCUT2D eigenvalue weighted by atomic mass is 35.5. The fourth-order valence-electron chi connectivity index (χ4n) is 2.65. The van der Waals surface area contributed by atoms with E-state index in [1.165, 1.54) is 12.8 Å². The van der Waals surface area contributed by atoms with Crippen molar-refractivity contribution in [3.8, 4) is 11.6 Å². The summed E-state index contributed by atoms with van der Waals surface area (Å²) in [7, 11) is 1.99. The minimum Gasteiger partial charge on any atom is -0.441 e. The highest BCUT2D eigenvalue weighted by Gasteiger charge is 2.22. The van der Waals surface area contributed by atoms with Crippen LogP contribution in [0.2, 0.25) is 5.22 Å². The van der Waals surface area contributed by atoms with E-state index in [4.69, 9.17) is 16.0 Å². The molecule has 1 saturated heterocycles. The van der Waals surface area contributed by atoms with Gasteiger partial charge in [0.05, 0.1) is 0 Å². The lowest BCUT2D eigenvalue weighted by molar-refractivity contribution is 0.399. The van der Waals surface area contributed by atoms with Gasteiger partial charge in [0.2, 0.25) is 5.95 Å². The molecule has 1 atom stereocenters. The Morgan fingerprint density at radius 2 is 2.45 bits per heavy atom. The number of rotatable bonds is 4. The molecular formula is C13H18ClN5O. The molecule has 1 unspecified atom stereocenters. The molecule has 1 aliphatic rings. The Morgan fingerprint density at radius 1 is 1.55 bits per heavy atom. The van der Waals surface area contributed by atoms with Crippen molar-refractivity contribution < 1.29 is 4.42 Å². The summed E-state index contributed by atoms with van der Waals surface area (Å²) in [6.45, 7) is 3.01. The number of anilines is 1. The summed E-state index contributed by atoms with van der Waals surface area (Å²) in [4.78, 5) is 6.72. The van der Waals surface area contributed by atoms with E-state index in [-0.39, 0.29) is 0 Å². The summed E-state index contributed by atoms with van der Waals surface area (Å²) < 4.78 is 5.33. The van der Waals surface area contributed by atoms with Gasteiger partial charge in [-0.1, -0.05) is 0 Å². The van der Waals surface area contributed by atoms with E-state index in [2.05, 4.69) is 25.4 Å². The van der Waals surface area contributed by atoms with Gasteiger partial charge in [-0.3, -0.25) is 5.10 Å². The van der Waals surface area contributed by atoms with Gasteiger partial charge in [0.25, 0.3) is 0 Å². The van der Waals surface area contributed by atoms with Gasteiger partial charge in [0.1, 0.15) is 0 Å². The van der Waals surface area contributed by atoms with Crippen LogP contribution in [0.4, 0.5) is 5.95 Å². The van der Waals surface area contributed by atoms with Gasteiger partial charge in [0, 0.05) is 13.1 Å². The highest BCUT2D eigenvalue weighted by Crippen LogP contribution is 2.25. The van der Waals surface area contributed by atoms with Crippen molar-refractivity contribution >= 4 is 17.5 Å². The van der Waals surface area contributed by atoms with Crippen LogP contribution < -0.4 is 10.2 Å². The predicted molar refractivity (Wildman–Crippen MR) is 78.0 cm³/mol. The molecule has 7 heteroatoms. The number of furan rings is 1. The van der Waals surface area contributed by atoms with Crippen LogP contribution in [-0.2, 0) is 0 Å². The summed E-state index contributed by atoms with van der Waals surface area (Å²) in [5.41, 5.74) is 0. The number of nitrogens with zero attached hydrogens (tertiary/aromatic N) is 3. The number of hydrogen-bond acceptors (Lipinski definition) is 5. The lowest BCUT2D eigenvalue weighted by atomic mass is 9.98. The molecule has 2 aromatic rings. The van der Waals surface area contributed by atoms with Crippen molar-refractivity contribution in [2.75, 3.05) is 31.6 Å². The van der Waals surface area contributed by atoms with Crippen LogP contribution >= 0.6 is 11.6 Å². The summed E-state index contributed by atoms with van der Waals surface area (Å²) in [5.74, 6) is 2.60. The zero-order valence-corrected chi connectivity index (χ0v) is 12.2. The van der Waals surface area contributed by atoms with Crippen molar-refractivity contribution in [3.05, 3.63) is 17.4 Å². The molecule has 0 saturated carbocycles. The summed E-state index contributed by atoms with van der Waals surface area (Å²) in [6, 6.07) is 3.48. The minimum absolute atomic E-state index is 0.352. The van der Waals surface area contributed by atoms with Gasteiger partial charge in [-0.15, -0.1) is 5.10 Å². The van der Waals surface area contributed by atoms with E-state index >= 15 is 0 Å². The first-order valence-corrected chi connectivity index (χ1v) is 7.21. The average Bonchev–Trinajstić information content (AvgIpc) is 3.08. The number of aromatic nitrogens is 3. The molecule has 0 amide bonds. The summed E-state index contributed by atoms with van der Waals surface area (Å²) in [6.07, 6.45) is 2.42. The summed E-state index contributed by atoms with van der Waals surface area (Å²) >= 11 is 5.77. The molecule has 2 aromatic heterocycles. The maximum atomic E-state index is 5.77. The molecule has 108 valence electrons. The highest BCUT2D eigenvalue weighted by molar-refractivity contribution is 6.28. The molecule has 0 spiro atoms. The maximum absolute atomic E-state index is 5.77. The molecular weight excluding hydrogens is 278 g/mol. The molecule has 3 rings (SSSR count). The van der Waals surface area contributed by atoms with Crippen LogP contribution in [-0.4, -0.2) is 41.9 Å². The third-order valence-corrected chi connectivity index (χ3v) is 3.78. The number of halogens is 1. The van der Waals surface area contributed by atoms with Crippen molar-refractivity contribution in [3.63, 3.8) is 0 Å². The second kappa shape index (κ2) is 5.85. The van der Waals surface area contributed by atoms with E-state index in [0.717, 1.165) is 25.6 Å². The molecule has 1 fully saturated rings. The Labute approximate surface area is 122 Å². The minimum atomic E-state index is 0.352. The van der Waals surface area contributed by atoms with E-state index in [1.54, 1.807) is 12.1 Å². The van der Waals surface area contributed by atoms with Crippen molar-refractivity contribution in [2.24, 2.45) is 5.92 Å². The van der Waals surface area contributed by atoms with Gasteiger partial charge in [-0.25, -0.2) is 0 Å². The van der Waals surface area contributed by atoms with Crippen molar-refractivity contribution in [1.82, 2.24) is 20.5 Å². The smallest absolute Gasteiger partial charge is 0.245 e. The van der Waals surface area contributed by atoms with Crippen LogP contribution in [0.15, 0.2) is 16.5 Å². The SMILES string of the molecule is CNCC1CCCN(c2n[nH]c(-c3ccc(Cl)o3)n2)C1.